The van der Waals surface area contributed by atoms with Crippen molar-refractivity contribution < 1.29 is 0 Å². The Hall–Kier alpha value is -3.18. The molecule has 5 heteroatoms. The van der Waals surface area contributed by atoms with Crippen LogP contribution in [-0.2, 0) is 0 Å². The zero-order valence-electron chi connectivity index (χ0n) is 16.0. The number of H-pyrrole nitrogens is 1. The largest absolute Gasteiger partial charge is 0.369 e. The predicted octanol–water partition coefficient (Wildman–Crippen LogP) is 4.04. The van der Waals surface area contributed by atoms with Gasteiger partial charge in [-0.2, -0.15) is 5.10 Å². The van der Waals surface area contributed by atoms with Crippen LogP contribution in [0.3, 0.4) is 0 Å². The van der Waals surface area contributed by atoms with E-state index in [0.717, 1.165) is 42.8 Å². The van der Waals surface area contributed by atoms with Gasteiger partial charge in [0.15, 0.2) is 5.65 Å². The number of nitrogens with zero attached hydrogens (tertiary/aromatic N) is 4. The third-order valence-electron chi connectivity index (χ3n) is 5.56. The second-order valence-corrected chi connectivity index (χ2v) is 7.42. The van der Waals surface area contributed by atoms with Gasteiger partial charge in [-0.1, -0.05) is 36.4 Å². The number of pyridine rings is 1. The number of aromatic nitrogens is 3. The molecule has 1 N–H and O–H groups in total. The van der Waals surface area contributed by atoms with Crippen LogP contribution in [0.1, 0.15) is 0 Å². The Morgan fingerprint density at radius 3 is 2.46 bits per heavy atom. The molecule has 140 valence electrons. The molecular weight excluding hydrogens is 346 g/mol. The molecule has 4 aromatic rings. The summed E-state index contributed by atoms with van der Waals surface area (Å²) in [6, 6.07) is 19.6. The lowest BCUT2D eigenvalue weighted by Gasteiger charge is -2.34. The van der Waals surface area contributed by atoms with Crippen LogP contribution in [0.25, 0.3) is 33.3 Å². The highest BCUT2D eigenvalue weighted by Gasteiger charge is 2.17. The van der Waals surface area contributed by atoms with Gasteiger partial charge in [0.05, 0.1) is 6.20 Å². The maximum Gasteiger partial charge on any atom is 0.155 e. The number of likely N-dealkylation sites (N-methyl/N-ethyl adjacent to an activating group) is 1. The fraction of sp³-hybridized carbons (Fsp3) is 0.217. The van der Waals surface area contributed by atoms with E-state index in [1.807, 2.05) is 12.4 Å². The first-order valence-corrected chi connectivity index (χ1v) is 9.70. The van der Waals surface area contributed by atoms with Crippen LogP contribution in [-0.4, -0.2) is 53.3 Å². The molecule has 0 saturated carbocycles. The summed E-state index contributed by atoms with van der Waals surface area (Å²) >= 11 is 0. The Kier molecular flexibility index (Phi) is 4.29. The van der Waals surface area contributed by atoms with Crippen LogP contribution >= 0.6 is 0 Å². The van der Waals surface area contributed by atoms with Crippen molar-refractivity contribution in [3.8, 4) is 22.3 Å². The molecule has 0 radical (unpaired) electrons. The fourth-order valence-corrected chi connectivity index (χ4v) is 3.89. The van der Waals surface area contributed by atoms with E-state index in [1.54, 1.807) is 0 Å². The van der Waals surface area contributed by atoms with Gasteiger partial charge in [0.25, 0.3) is 0 Å². The third-order valence-corrected chi connectivity index (χ3v) is 5.56. The van der Waals surface area contributed by atoms with Crippen LogP contribution in [0.5, 0.6) is 0 Å². The lowest BCUT2D eigenvalue weighted by Crippen LogP contribution is -2.44. The van der Waals surface area contributed by atoms with Crippen LogP contribution in [0.2, 0.25) is 0 Å². The van der Waals surface area contributed by atoms with Crippen molar-refractivity contribution in [1.29, 1.82) is 0 Å². The number of benzene rings is 2. The molecule has 1 aliphatic heterocycles. The molecule has 0 amide bonds. The maximum absolute atomic E-state index is 4.54. The number of hydrogen-bond donors (Lipinski definition) is 1. The number of piperazine rings is 1. The monoisotopic (exact) mass is 369 g/mol. The molecular formula is C23H23N5. The molecule has 1 fully saturated rings. The van der Waals surface area contributed by atoms with E-state index in [1.165, 1.54) is 22.4 Å². The Morgan fingerprint density at radius 2 is 1.64 bits per heavy atom. The van der Waals surface area contributed by atoms with Crippen molar-refractivity contribution >= 4 is 16.7 Å². The van der Waals surface area contributed by atoms with Gasteiger partial charge in [0.1, 0.15) is 0 Å². The van der Waals surface area contributed by atoms with Gasteiger partial charge in [-0.3, -0.25) is 5.10 Å². The molecule has 1 saturated heterocycles. The van der Waals surface area contributed by atoms with Crippen molar-refractivity contribution in [2.45, 2.75) is 0 Å². The summed E-state index contributed by atoms with van der Waals surface area (Å²) in [5.74, 6) is 0. The van der Waals surface area contributed by atoms with Gasteiger partial charge < -0.3 is 9.80 Å². The zero-order chi connectivity index (χ0) is 18.9. The van der Waals surface area contributed by atoms with Crippen molar-refractivity contribution in [3.63, 3.8) is 0 Å². The third kappa shape index (κ3) is 3.14. The molecule has 3 heterocycles. The molecule has 0 atom stereocenters. The van der Waals surface area contributed by atoms with E-state index in [9.17, 15) is 0 Å². The Labute approximate surface area is 164 Å². The molecule has 0 spiro atoms. The topological polar surface area (TPSA) is 48.0 Å². The van der Waals surface area contributed by atoms with Crippen LogP contribution < -0.4 is 4.90 Å². The van der Waals surface area contributed by atoms with E-state index in [2.05, 4.69) is 86.6 Å². The van der Waals surface area contributed by atoms with Crippen molar-refractivity contribution in [2.75, 3.05) is 38.1 Å². The Morgan fingerprint density at radius 1 is 0.821 bits per heavy atom. The zero-order valence-corrected chi connectivity index (χ0v) is 16.0. The second-order valence-electron chi connectivity index (χ2n) is 7.42. The molecule has 0 bridgehead atoms. The molecule has 2 aromatic carbocycles. The highest BCUT2D eigenvalue weighted by molar-refractivity contribution is 5.89. The lowest BCUT2D eigenvalue weighted by atomic mass is 9.94. The smallest absolute Gasteiger partial charge is 0.155 e. The van der Waals surface area contributed by atoms with E-state index >= 15 is 0 Å². The minimum Gasteiger partial charge on any atom is -0.369 e. The highest BCUT2D eigenvalue weighted by Crippen LogP contribution is 2.36. The summed E-state index contributed by atoms with van der Waals surface area (Å²) in [5, 5.41) is 8.06. The minimum atomic E-state index is 0.819. The number of rotatable bonds is 3. The summed E-state index contributed by atoms with van der Waals surface area (Å²) in [7, 11) is 2.19. The Bertz CT molecular complexity index is 1090. The number of fused-ring (bicyclic) bond motifs is 1. The minimum absolute atomic E-state index is 0.819. The van der Waals surface area contributed by atoms with Crippen molar-refractivity contribution in [1.82, 2.24) is 20.1 Å². The van der Waals surface area contributed by atoms with Gasteiger partial charge in [0.2, 0.25) is 0 Å². The quantitative estimate of drug-likeness (QED) is 0.592. The van der Waals surface area contributed by atoms with Crippen molar-refractivity contribution in [3.05, 3.63) is 67.0 Å². The van der Waals surface area contributed by atoms with Gasteiger partial charge in [-0.15, -0.1) is 0 Å². The van der Waals surface area contributed by atoms with Crippen LogP contribution in [0.4, 0.5) is 5.69 Å². The van der Waals surface area contributed by atoms with E-state index in [4.69, 9.17) is 0 Å². The average Bonchev–Trinajstić information content (AvgIpc) is 3.22. The molecule has 5 rings (SSSR count). The Balaban J connectivity index is 1.61. The summed E-state index contributed by atoms with van der Waals surface area (Å²) in [6.45, 7) is 4.33. The normalized spacial score (nSPS) is 15.2. The summed E-state index contributed by atoms with van der Waals surface area (Å²) in [5.41, 5.74) is 6.87. The average molecular weight is 369 g/mol. The van der Waals surface area contributed by atoms with Crippen LogP contribution in [0.15, 0.2) is 67.0 Å². The number of hydrogen-bond acceptors (Lipinski definition) is 4. The number of anilines is 1. The number of aromatic amines is 1. The SMILES string of the molecule is CN1CCN(c2ccc(-c3cnc4[nH]ncc4c3)c(-c3ccccc3)c2)CC1. The first-order chi connectivity index (χ1) is 13.8. The van der Waals surface area contributed by atoms with Gasteiger partial charge in [0, 0.05) is 49.0 Å². The maximum atomic E-state index is 4.54. The van der Waals surface area contributed by atoms with E-state index in [0.29, 0.717) is 0 Å². The first kappa shape index (κ1) is 17.0. The summed E-state index contributed by atoms with van der Waals surface area (Å²) in [4.78, 5) is 9.40. The molecule has 1 aliphatic rings. The first-order valence-electron chi connectivity index (χ1n) is 9.70. The molecule has 0 unspecified atom stereocenters. The second kappa shape index (κ2) is 7.09. The van der Waals surface area contributed by atoms with E-state index in [-0.39, 0.29) is 0 Å². The standard InChI is InChI=1S/C23H23N5/c1-27-9-11-28(12-10-27)20-7-8-21(22(14-20)17-5-3-2-4-6-17)18-13-19-16-25-26-23(19)24-15-18/h2-8,13-16H,9-12H2,1H3,(H,24,25,26). The van der Waals surface area contributed by atoms with Gasteiger partial charge in [-0.05, 0) is 41.9 Å². The van der Waals surface area contributed by atoms with Gasteiger partial charge in [-0.25, -0.2) is 4.98 Å². The summed E-state index contributed by atoms with van der Waals surface area (Å²) in [6.07, 6.45) is 3.75. The fourth-order valence-electron chi connectivity index (χ4n) is 3.89. The molecule has 2 aromatic heterocycles. The highest BCUT2D eigenvalue weighted by atomic mass is 15.2. The summed E-state index contributed by atoms with van der Waals surface area (Å²) < 4.78 is 0. The molecule has 28 heavy (non-hydrogen) atoms. The van der Waals surface area contributed by atoms with Crippen LogP contribution in [0, 0.1) is 0 Å². The number of nitrogens with one attached hydrogen (secondary N) is 1. The lowest BCUT2D eigenvalue weighted by molar-refractivity contribution is 0.313. The van der Waals surface area contributed by atoms with Crippen molar-refractivity contribution in [2.24, 2.45) is 0 Å². The van der Waals surface area contributed by atoms with E-state index < -0.39 is 0 Å². The van der Waals surface area contributed by atoms with Gasteiger partial charge >= 0.3 is 0 Å². The predicted molar refractivity (Wildman–Crippen MR) is 114 cm³/mol. The molecule has 0 aliphatic carbocycles. The molecule has 5 nitrogen and oxygen atoms in total.